The van der Waals surface area contributed by atoms with Gasteiger partial charge in [-0.15, -0.1) is 0 Å². The van der Waals surface area contributed by atoms with E-state index in [1.807, 2.05) is 30.3 Å². The Morgan fingerprint density at radius 3 is 2.17 bits per heavy atom. The second kappa shape index (κ2) is 12.4. The predicted molar refractivity (Wildman–Crippen MR) is 143 cm³/mol. The topological polar surface area (TPSA) is 0 Å². The molecule has 3 aromatic rings. The van der Waals surface area contributed by atoms with Gasteiger partial charge in [0.2, 0.25) is 0 Å². The first-order valence-electron chi connectivity index (χ1n) is 13.0. The molecule has 1 aliphatic heterocycles. The van der Waals surface area contributed by atoms with Gasteiger partial charge >= 0.3 is 0 Å². The van der Waals surface area contributed by atoms with Crippen LogP contribution in [0.5, 0.6) is 0 Å². The molecule has 184 valence electrons. The number of benzene rings is 3. The monoisotopic (exact) mass is 492 g/mol. The fourth-order valence-corrected chi connectivity index (χ4v) is 8.53. The zero-order valence-corrected chi connectivity index (χ0v) is 21.7. The molecule has 4 rings (SSSR count). The Bertz CT molecular complexity index is 1130. The molecule has 0 radical (unpaired) electrons. The van der Waals surface area contributed by atoms with Gasteiger partial charge in [0.15, 0.2) is 11.6 Å². The Kier molecular flexibility index (Phi) is 9.03. The molecule has 35 heavy (non-hydrogen) atoms. The van der Waals surface area contributed by atoms with Gasteiger partial charge in [-0.05, 0) is 84.9 Å². The van der Waals surface area contributed by atoms with Crippen LogP contribution in [0.4, 0.5) is 13.2 Å². The first kappa shape index (κ1) is 25.5. The number of allylic oxidation sites excluding steroid dienone is 2. The molecule has 4 heteroatoms. The molecule has 0 aromatic heterocycles. The summed E-state index contributed by atoms with van der Waals surface area (Å²) in [5.74, 6) is -1.30. The van der Waals surface area contributed by atoms with Crippen LogP contribution in [0.15, 0.2) is 72.8 Å². The van der Waals surface area contributed by atoms with Crippen molar-refractivity contribution in [3.8, 4) is 11.1 Å². The van der Waals surface area contributed by atoms with E-state index in [2.05, 4.69) is 25.1 Å². The molecule has 1 aliphatic rings. The first-order valence-corrected chi connectivity index (χ1v) is 15.5. The number of hydrogen-bond acceptors (Lipinski definition) is 0. The second-order valence-corrected chi connectivity index (χ2v) is 13.3. The lowest BCUT2D eigenvalue weighted by molar-refractivity contribution is 0.507. The summed E-state index contributed by atoms with van der Waals surface area (Å²) in [6, 6.07) is 21.9. The third-order valence-electron chi connectivity index (χ3n) is 7.41. The molecule has 0 bridgehead atoms. The van der Waals surface area contributed by atoms with Gasteiger partial charge < -0.3 is 0 Å². The van der Waals surface area contributed by atoms with E-state index in [-0.39, 0.29) is 5.82 Å². The summed E-state index contributed by atoms with van der Waals surface area (Å²) >= 11 is 0. The average Bonchev–Trinajstić information content (AvgIpc) is 2.88. The van der Waals surface area contributed by atoms with E-state index in [1.165, 1.54) is 49.5 Å². The molecule has 0 aliphatic carbocycles. The van der Waals surface area contributed by atoms with Gasteiger partial charge in [-0.1, -0.05) is 79.7 Å². The SMILES string of the molecule is CCC=CCC[SiH]1CCC(c2ccc(-c3ccc(CCc4ccc(F)c(F)c4)cc3)c(F)c2)CC1. The quantitative estimate of drug-likeness (QED) is 0.206. The number of aryl methyl sites for hydroxylation is 2. The van der Waals surface area contributed by atoms with Gasteiger partial charge in [-0.2, -0.15) is 0 Å². The third kappa shape index (κ3) is 6.97. The molecule has 0 amide bonds. The van der Waals surface area contributed by atoms with E-state index in [0.29, 0.717) is 24.3 Å². The van der Waals surface area contributed by atoms with Crippen molar-refractivity contribution in [3.05, 3.63) is 107 Å². The maximum Gasteiger partial charge on any atom is 0.159 e. The highest BCUT2D eigenvalue weighted by molar-refractivity contribution is 6.59. The third-order valence-corrected chi connectivity index (χ3v) is 10.9. The van der Waals surface area contributed by atoms with Gasteiger partial charge in [-0.25, -0.2) is 13.2 Å². The molecule has 0 unspecified atom stereocenters. The van der Waals surface area contributed by atoms with E-state index in [9.17, 15) is 8.78 Å². The van der Waals surface area contributed by atoms with Gasteiger partial charge in [0.05, 0.1) is 0 Å². The largest absolute Gasteiger partial charge is 0.206 e. The van der Waals surface area contributed by atoms with Crippen molar-refractivity contribution in [1.82, 2.24) is 0 Å². The Morgan fingerprint density at radius 2 is 1.49 bits per heavy atom. The zero-order chi connectivity index (χ0) is 24.6. The van der Waals surface area contributed by atoms with Crippen LogP contribution in [0.1, 0.15) is 55.2 Å². The van der Waals surface area contributed by atoms with E-state index >= 15 is 4.39 Å². The van der Waals surface area contributed by atoms with Gasteiger partial charge in [-0.3, -0.25) is 0 Å². The summed E-state index contributed by atoms with van der Waals surface area (Å²) in [7, 11) is -0.619. The highest BCUT2D eigenvalue weighted by Gasteiger charge is 2.23. The van der Waals surface area contributed by atoms with Crippen LogP contribution in [0.3, 0.4) is 0 Å². The van der Waals surface area contributed by atoms with E-state index in [4.69, 9.17) is 0 Å². The lowest BCUT2D eigenvalue weighted by Crippen LogP contribution is -2.20. The van der Waals surface area contributed by atoms with Crippen LogP contribution in [-0.4, -0.2) is 8.80 Å². The van der Waals surface area contributed by atoms with Crippen molar-refractivity contribution < 1.29 is 13.2 Å². The van der Waals surface area contributed by atoms with Gasteiger partial charge in [0.25, 0.3) is 0 Å². The highest BCUT2D eigenvalue weighted by Crippen LogP contribution is 2.36. The Labute approximate surface area is 209 Å². The molecule has 0 saturated carbocycles. The van der Waals surface area contributed by atoms with Crippen LogP contribution >= 0.6 is 0 Å². The molecule has 0 N–H and O–H groups in total. The number of rotatable bonds is 9. The molecule has 1 fully saturated rings. The van der Waals surface area contributed by atoms with Crippen LogP contribution in [-0.2, 0) is 12.8 Å². The summed E-state index contributed by atoms with van der Waals surface area (Å²) in [4.78, 5) is 0. The Hall–Kier alpha value is -2.59. The van der Waals surface area contributed by atoms with Gasteiger partial charge in [0.1, 0.15) is 5.82 Å². The summed E-state index contributed by atoms with van der Waals surface area (Å²) in [5.41, 5.74) is 4.49. The van der Waals surface area contributed by atoms with E-state index in [0.717, 1.165) is 28.7 Å². The molecule has 0 spiro atoms. The van der Waals surface area contributed by atoms with Crippen molar-refractivity contribution in [2.45, 2.75) is 69.5 Å². The summed E-state index contributed by atoms with van der Waals surface area (Å²) < 4.78 is 41.6. The van der Waals surface area contributed by atoms with Crippen LogP contribution < -0.4 is 0 Å². The maximum absolute atomic E-state index is 15.1. The van der Waals surface area contributed by atoms with Crippen molar-refractivity contribution >= 4 is 8.80 Å². The Morgan fingerprint density at radius 1 is 0.771 bits per heavy atom. The smallest absolute Gasteiger partial charge is 0.159 e. The molecule has 0 atom stereocenters. The number of hydrogen-bond donors (Lipinski definition) is 0. The second-order valence-electron chi connectivity index (χ2n) is 9.86. The molecular formula is C31H35F3Si. The van der Waals surface area contributed by atoms with Crippen molar-refractivity contribution in [2.24, 2.45) is 0 Å². The Balaban J connectivity index is 1.32. The average molecular weight is 493 g/mol. The minimum absolute atomic E-state index is 0.152. The molecule has 3 aromatic carbocycles. The molecular weight excluding hydrogens is 457 g/mol. The first-order chi connectivity index (χ1) is 17.0. The fourth-order valence-electron chi connectivity index (χ4n) is 5.26. The normalized spacial score (nSPS) is 18.3. The highest BCUT2D eigenvalue weighted by atomic mass is 28.3. The maximum atomic E-state index is 15.1. The summed E-state index contributed by atoms with van der Waals surface area (Å²) in [6.07, 6.45) is 10.7. The molecule has 0 nitrogen and oxygen atoms in total. The lowest BCUT2D eigenvalue weighted by Gasteiger charge is -2.28. The van der Waals surface area contributed by atoms with Crippen LogP contribution in [0.2, 0.25) is 18.1 Å². The fraction of sp³-hybridized carbons (Fsp3) is 0.355. The lowest BCUT2D eigenvalue weighted by atomic mass is 9.91. The van der Waals surface area contributed by atoms with E-state index in [1.54, 1.807) is 12.1 Å². The summed E-state index contributed by atoms with van der Waals surface area (Å²) in [5, 5.41) is 0. The van der Waals surface area contributed by atoms with E-state index < -0.39 is 20.4 Å². The van der Waals surface area contributed by atoms with Crippen molar-refractivity contribution in [2.75, 3.05) is 0 Å². The van der Waals surface area contributed by atoms with Crippen molar-refractivity contribution in [1.29, 1.82) is 0 Å². The molecule has 1 saturated heterocycles. The predicted octanol–water partition coefficient (Wildman–Crippen LogP) is 9.02. The summed E-state index contributed by atoms with van der Waals surface area (Å²) in [6.45, 7) is 2.18. The standard InChI is InChI=1S/C31H35F3Si/c1-2-3-4-5-18-35-19-16-25(17-20-35)27-13-14-28(30(33)22-27)26-11-8-23(9-12-26)6-7-24-10-15-29(32)31(34)21-24/h3-4,8-15,21-22,25,35H,2,5-7,16-20H2,1H3. The van der Waals surface area contributed by atoms with Crippen LogP contribution in [0.25, 0.3) is 11.1 Å². The zero-order valence-electron chi connectivity index (χ0n) is 20.6. The van der Waals surface area contributed by atoms with Crippen molar-refractivity contribution in [3.63, 3.8) is 0 Å². The van der Waals surface area contributed by atoms with Gasteiger partial charge in [0, 0.05) is 14.4 Å². The van der Waals surface area contributed by atoms with Crippen LogP contribution in [0, 0.1) is 17.5 Å². The minimum Gasteiger partial charge on any atom is -0.206 e. The minimum atomic E-state index is -0.823. The molecule has 1 heterocycles. The number of halogens is 3.